The smallest absolute Gasteiger partial charge is 0.309 e. The van der Waals surface area contributed by atoms with Crippen LogP contribution < -0.4 is 14.8 Å². The van der Waals surface area contributed by atoms with Gasteiger partial charge in [0.15, 0.2) is 6.10 Å². The summed E-state index contributed by atoms with van der Waals surface area (Å²) in [6, 6.07) is 14.3. The van der Waals surface area contributed by atoms with E-state index in [0.717, 1.165) is 66.3 Å². The highest BCUT2D eigenvalue weighted by Gasteiger charge is 2.48. The van der Waals surface area contributed by atoms with Gasteiger partial charge in [-0.2, -0.15) is 0 Å². The maximum absolute atomic E-state index is 13.4. The molecular weight excluding hydrogens is 502 g/mol. The molecule has 3 aliphatic rings. The minimum atomic E-state index is -0.704. The largest absolute Gasteiger partial charge is 0.497 e. The normalized spacial score (nSPS) is 23.1. The summed E-state index contributed by atoms with van der Waals surface area (Å²) in [4.78, 5) is 13.4. The van der Waals surface area contributed by atoms with Crippen molar-refractivity contribution in [3.63, 3.8) is 0 Å². The zero-order valence-corrected chi connectivity index (χ0v) is 24.6. The third-order valence-corrected chi connectivity index (χ3v) is 9.04. The van der Waals surface area contributed by atoms with Crippen LogP contribution in [0.5, 0.6) is 11.5 Å². The van der Waals surface area contributed by atoms with Gasteiger partial charge in [0, 0.05) is 24.4 Å². The second kappa shape index (κ2) is 13.3. The Balaban J connectivity index is 1.35. The summed E-state index contributed by atoms with van der Waals surface area (Å²) in [5.74, 6) is 2.25. The molecule has 0 saturated heterocycles. The Morgan fingerprint density at radius 1 is 0.950 bits per heavy atom. The maximum atomic E-state index is 13.4. The lowest BCUT2D eigenvalue weighted by Crippen LogP contribution is -2.52. The summed E-state index contributed by atoms with van der Waals surface area (Å²) < 4.78 is 24.8. The number of rotatable bonds is 10. The van der Waals surface area contributed by atoms with Crippen molar-refractivity contribution in [1.29, 1.82) is 0 Å². The zero-order chi connectivity index (χ0) is 28.0. The van der Waals surface area contributed by atoms with Gasteiger partial charge in [0.25, 0.3) is 0 Å². The lowest BCUT2D eigenvalue weighted by molar-refractivity contribution is -0.189. The molecule has 2 fully saturated rings. The van der Waals surface area contributed by atoms with Crippen molar-refractivity contribution in [1.82, 2.24) is 0 Å². The summed E-state index contributed by atoms with van der Waals surface area (Å²) in [6.45, 7) is 5.37. The van der Waals surface area contributed by atoms with Gasteiger partial charge in [-0.15, -0.1) is 0 Å². The van der Waals surface area contributed by atoms with Crippen molar-refractivity contribution < 1.29 is 23.7 Å². The third-order valence-electron chi connectivity index (χ3n) is 9.04. The van der Waals surface area contributed by atoms with Crippen LogP contribution in [0.25, 0.3) is 0 Å². The summed E-state index contributed by atoms with van der Waals surface area (Å²) in [5.41, 5.74) is 2.39. The number of nitrogens with one attached hydrogen (secondary N) is 1. The maximum Gasteiger partial charge on any atom is 0.309 e. The molecule has 2 atom stereocenters. The highest BCUT2D eigenvalue weighted by Crippen LogP contribution is 2.45. The summed E-state index contributed by atoms with van der Waals surface area (Å²) >= 11 is 0. The Labute approximate surface area is 240 Å². The van der Waals surface area contributed by atoms with Crippen molar-refractivity contribution in [3.8, 4) is 11.5 Å². The molecule has 2 aromatic rings. The van der Waals surface area contributed by atoms with Gasteiger partial charge in [-0.3, -0.25) is 4.79 Å². The van der Waals surface area contributed by atoms with Crippen LogP contribution >= 0.6 is 0 Å². The van der Waals surface area contributed by atoms with E-state index in [-0.39, 0.29) is 18.0 Å². The zero-order valence-electron chi connectivity index (χ0n) is 24.6. The van der Waals surface area contributed by atoms with Gasteiger partial charge >= 0.3 is 5.97 Å². The predicted molar refractivity (Wildman–Crippen MR) is 158 cm³/mol. The van der Waals surface area contributed by atoms with Crippen molar-refractivity contribution in [2.75, 3.05) is 19.0 Å². The molecule has 2 aromatic carbocycles. The number of fused-ring (bicyclic) bond motifs is 1. The molecule has 6 nitrogen and oxygen atoms in total. The van der Waals surface area contributed by atoms with E-state index in [1.165, 1.54) is 38.5 Å². The minimum Gasteiger partial charge on any atom is -0.497 e. The Morgan fingerprint density at radius 3 is 2.35 bits per heavy atom. The number of hydrogen-bond donors (Lipinski definition) is 1. The highest BCUT2D eigenvalue weighted by atomic mass is 16.6. The number of anilines is 1. The van der Waals surface area contributed by atoms with E-state index >= 15 is 0 Å². The average molecular weight is 550 g/mol. The van der Waals surface area contributed by atoms with Crippen LogP contribution in [0, 0.1) is 11.8 Å². The molecule has 2 aliphatic carbocycles. The van der Waals surface area contributed by atoms with Gasteiger partial charge in [-0.05, 0) is 74.9 Å². The Hall–Kier alpha value is -2.73. The number of ether oxygens (including phenoxy) is 4. The monoisotopic (exact) mass is 549 g/mol. The van der Waals surface area contributed by atoms with Gasteiger partial charge in [-0.25, -0.2) is 0 Å². The fourth-order valence-corrected chi connectivity index (χ4v) is 6.57. The van der Waals surface area contributed by atoms with E-state index in [9.17, 15) is 4.79 Å². The molecule has 6 heteroatoms. The van der Waals surface area contributed by atoms with Gasteiger partial charge < -0.3 is 24.3 Å². The Bertz CT molecular complexity index is 1100. The van der Waals surface area contributed by atoms with Crippen LogP contribution in [0.2, 0.25) is 0 Å². The van der Waals surface area contributed by atoms with E-state index in [1.54, 1.807) is 7.11 Å². The van der Waals surface area contributed by atoms with Crippen molar-refractivity contribution in [3.05, 3.63) is 53.6 Å². The van der Waals surface area contributed by atoms with Crippen LogP contribution in [-0.2, 0) is 20.8 Å². The topological polar surface area (TPSA) is 66.0 Å². The molecule has 1 N–H and O–H groups in total. The first-order valence-corrected chi connectivity index (χ1v) is 15.4. The second-order valence-electron chi connectivity index (χ2n) is 12.4. The molecule has 1 aliphatic heterocycles. The lowest BCUT2D eigenvalue weighted by Gasteiger charge is -2.44. The van der Waals surface area contributed by atoms with Crippen LogP contribution in [0.4, 0.5) is 5.69 Å². The molecule has 1 heterocycles. The summed E-state index contributed by atoms with van der Waals surface area (Å²) in [7, 11) is 1.68. The number of methoxy groups -OCH3 is 1. The van der Waals surface area contributed by atoms with Crippen molar-refractivity contribution in [2.45, 2.75) is 109 Å². The number of hydrogen-bond acceptors (Lipinski definition) is 6. The van der Waals surface area contributed by atoms with Crippen LogP contribution in [-0.4, -0.2) is 31.4 Å². The number of benzene rings is 2. The molecule has 2 unspecified atom stereocenters. The molecule has 0 aromatic heterocycles. The van der Waals surface area contributed by atoms with E-state index in [2.05, 4.69) is 23.5 Å². The number of carbonyl (C=O) groups is 1. The Morgan fingerprint density at radius 2 is 1.65 bits per heavy atom. The van der Waals surface area contributed by atoms with Crippen LogP contribution in [0.15, 0.2) is 42.5 Å². The fourth-order valence-electron chi connectivity index (χ4n) is 6.57. The molecule has 0 spiro atoms. The summed E-state index contributed by atoms with van der Waals surface area (Å²) in [6.07, 6.45) is 11.9. The van der Waals surface area contributed by atoms with Crippen molar-refractivity contribution in [2.24, 2.45) is 11.8 Å². The van der Waals surface area contributed by atoms with Gasteiger partial charge in [0.1, 0.15) is 23.2 Å². The minimum absolute atomic E-state index is 0.0219. The molecule has 0 amide bonds. The molecule has 2 saturated carbocycles. The fraction of sp³-hybridized carbons (Fsp3) is 0.618. The van der Waals surface area contributed by atoms with Crippen LogP contribution in [0.3, 0.4) is 0 Å². The van der Waals surface area contributed by atoms with Crippen LogP contribution in [0.1, 0.15) is 102 Å². The SMILES string of the molecule is COc1ccc(CNc2ccc3c(c2)C(OCCC2CCCCC2)C(OC(=O)C2CCCCC2)C(C)(C)O3)cc1. The Kier molecular flexibility index (Phi) is 9.56. The van der Waals surface area contributed by atoms with Gasteiger partial charge in [-0.1, -0.05) is 63.5 Å². The second-order valence-corrected chi connectivity index (χ2v) is 12.4. The van der Waals surface area contributed by atoms with Gasteiger partial charge in [0.2, 0.25) is 0 Å². The third kappa shape index (κ3) is 7.12. The lowest BCUT2D eigenvalue weighted by atomic mass is 9.86. The van der Waals surface area contributed by atoms with E-state index in [1.807, 2.05) is 38.1 Å². The highest BCUT2D eigenvalue weighted by molar-refractivity contribution is 5.73. The van der Waals surface area contributed by atoms with Gasteiger partial charge in [0.05, 0.1) is 13.0 Å². The molecule has 0 radical (unpaired) electrons. The molecular formula is C34H47NO5. The molecule has 40 heavy (non-hydrogen) atoms. The average Bonchev–Trinajstić information content (AvgIpc) is 2.98. The van der Waals surface area contributed by atoms with E-state index in [0.29, 0.717) is 13.2 Å². The number of carbonyl (C=O) groups excluding carboxylic acids is 1. The molecule has 218 valence electrons. The van der Waals surface area contributed by atoms with Crippen molar-refractivity contribution >= 4 is 11.7 Å². The van der Waals surface area contributed by atoms with E-state index in [4.69, 9.17) is 18.9 Å². The molecule has 5 rings (SSSR count). The number of esters is 1. The first-order valence-electron chi connectivity index (χ1n) is 15.4. The summed E-state index contributed by atoms with van der Waals surface area (Å²) in [5, 5.41) is 3.55. The first-order chi connectivity index (χ1) is 19.4. The standard InChI is InChI=1S/C34H47NO5/c1-34(2)32(39-33(36)26-12-8-5-9-13-26)31(38-21-20-24-10-6-4-7-11-24)29-22-27(16-19-30(29)40-34)35-23-25-14-17-28(37-3)18-15-25/h14-19,22,24,26,31-32,35H,4-13,20-21,23H2,1-3H3. The molecule has 0 bridgehead atoms. The predicted octanol–water partition coefficient (Wildman–Crippen LogP) is 8.00. The first kappa shape index (κ1) is 28.8. The van der Waals surface area contributed by atoms with E-state index < -0.39 is 11.7 Å². The quantitative estimate of drug-likeness (QED) is 0.303.